The lowest BCUT2D eigenvalue weighted by Crippen LogP contribution is -2.06. The molecule has 88 valence electrons. The molecule has 4 heteroatoms. The molecule has 3 nitrogen and oxygen atoms in total. The average molecular weight is 231 g/mol. The molecule has 1 aromatic heterocycles. The highest BCUT2D eigenvalue weighted by Crippen LogP contribution is 2.15. The summed E-state index contributed by atoms with van der Waals surface area (Å²) >= 11 is 0. The Kier molecular flexibility index (Phi) is 3.55. The van der Waals surface area contributed by atoms with E-state index in [4.69, 9.17) is 5.73 Å². The molecule has 0 amide bonds. The van der Waals surface area contributed by atoms with Gasteiger partial charge in [0.25, 0.3) is 0 Å². The zero-order valence-electron chi connectivity index (χ0n) is 9.36. The molecule has 2 rings (SSSR count). The monoisotopic (exact) mass is 231 g/mol. The van der Waals surface area contributed by atoms with Crippen molar-refractivity contribution in [1.82, 2.24) is 4.98 Å². The number of rotatable bonds is 4. The summed E-state index contributed by atoms with van der Waals surface area (Å²) in [6.45, 7) is 0.709. The minimum atomic E-state index is -0.396. The molecule has 0 saturated heterocycles. The summed E-state index contributed by atoms with van der Waals surface area (Å²) in [5.41, 5.74) is 7.30. The molecule has 1 heterocycles. The molecule has 0 aliphatic carbocycles. The summed E-state index contributed by atoms with van der Waals surface area (Å²) < 4.78 is 13.2. The van der Waals surface area contributed by atoms with Crippen molar-refractivity contribution in [3.8, 4) is 0 Å². The predicted molar refractivity (Wildman–Crippen MR) is 67.2 cm³/mol. The van der Waals surface area contributed by atoms with Gasteiger partial charge in [-0.3, -0.25) is 4.98 Å². The van der Waals surface area contributed by atoms with E-state index in [9.17, 15) is 4.39 Å². The van der Waals surface area contributed by atoms with E-state index in [0.29, 0.717) is 6.54 Å². The maximum absolute atomic E-state index is 13.2. The largest absolute Gasteiger partial charge is 0.396 e. The summed E-state index contributed by atoms with van der Waals surface area (Å²) in [6, 6.07) is 10.5. The molecule has 0 unspecified atom stereocenters. The van der Waals surface area contributed by atoms with Gasteiger partial charge in [0.1, 0.15) is 5.82 Å². The van der Waals surface area contributed by atoms with Crippen molar-refractivity contribution in [2.75, 3.05) is 17.6 Å². The molecular weight excluding hydrogens is 217 g/mol. The van der Waals surface area contributed by atoms with Crippen molar-refractivity contribution >= 4 is 11.4 Å². The Bertz CT molecular complexity index is 485. The van der Waals surface area contributed by atoms with E-state index in [1.807, 2.05) is 18.2 Å². The Balaban J connectivity index is 1.88. The van der Waals surface area contributed by atoms with Crippen LogP contribution in [0.5, 0.6) is 0 Å². The normalized spacial score (nSPS) is 10.2. The highest BCUT2D eigenvalue weighted by atomic mass is 19.1. The van der Waals surface area contributed by atoms with Crippen LogP contribution in [0.25, 0.3) is 0 Å². The number of anilines is 2. The van der Waals surface area contributed by atoms with Gasteiger partial charge in [0, 0.05) is 30.5 Å². The SMILES string of the molecule is Nc1ccc(NCCc2ccccn2)cc1F. The lowest BCUT2D eigenvalue weighted by atomic mass is 10.2. The highest BCUT2D eigenvalue weighted by molar-refractivity contribution is 5.52. The van der Waals surface area contributed by atoms with Gasteiger partial charge in [0.15, 0.2) is 0 Å². The molecule has 0 aliphatic heterocycles. The number of nitrogens with one attached hydrogen (secondary N) is 1. The molecule has 0 fully saturated rings. The third-order valence-corrected chi connectivity index (χ3v) is 2.44. The van der Waals surface area contributed by atoms with E-state index < -0.39 is 5.82 Å². The molecule has 2 aromatic rings. The minimum absolute atomic E-state index is 0.167. The maximum atomic E-state index is 13.2. The highest BCUT2D eigenvalue weighted by Gasteiger charge is 1.99. The predicted octanol–water partition coefficient (Wildman–Crippen LogP) is 2.46. The van der Waals surface area contributed by atoms with Crippen molar-refractivity contribution in [3.63, 3.8) is 0 Å². The number of halogens is 1. The first kappa shape index (κ1) is 11.4. The third kappa shape index (κ3) is 3.17. The zero-order chi connectivity index (χ0) is 12.1. The number of nitrogens with zero attached hydrogens (tertiary/aromatic N) is 1. The van der Waals surface area contributed by atoms with Gasteiger partial charge in [-0.05, 0) is 30.3 Å². The van der Waals surface area contributed by atoms with Crippen LogP contribution < -0.4 is 11.1 Å². The summed E-state index contributed by atoms with van der Waals surface area (Å²) in [5.74, 6) is -0.396. The molecule has 0 aliphatic rings. The molecule has 0 bridgehead atoms. The Morgan fingerprint density at radius 1 is 1.24 bits per heavy atom. The maximum Gasteiger partial charge on any atom is 0.148 e. The van der Waals surface area contributed by atoms with Gasteiger partial charge in [-0.15, -0.1) is 0 Å². The Hall–Kier alpha value is -2.10. The van der Waals surface area contributed by atoms with Gasteiger partial charge in [0.05, 0.1) is 5.69 Å². The van der Waals surface area contributed by atoms with Crippen LogP contribution >= 0.6 is 0 Å². The quantitative estimate of drug-likeness (QED) is 0.795. The number of hydrogen-bond acceptors (Lipinski definition) is 3. The second-order valence-electron chi connectivity index (χ2n) is 3.73. The smallest absolute Gasteiger partial charge is 0.148 e. The fourth-order valence-corrected chi connectivity index (χ4v) is 1.52. The molecule has 0 atom stereocenters. The van der Waals surface area contributed by atoms with Crippen LogP contribution in [0.3, 0.4) is 0 Å². The molecule has 0 radical (unpaired) electrons. The second kappa shape index (κ2) is 5.30. The van der Waals surface area contributed by atoms with E-state index in [0.717, 1.165) is 17.8 Å². The number of hydrogen-bond donors (Lipinski definition) is 2. The molecular formula is C13H14FN3. The third-order valence-electron chi connectivity index (χ3n) is 2.44. The summed E-state index contributed by atoms with van der Waals surface area (Å²) in [5, 5.41) is 3.13. The molecule has 1 aromatic carbocycles. The van der Waals surface area contributed by atoms with Crippen molar-refractivity contribution in [1.29, 1.82) is 0 Å². The van der Waals surface area contributed by atoms with Crippen LogP contribution in [0.15, 0.2) is 42.6 Å². The first-order valence-corrected chi connectivity index (χ1v) is 5.44. The van der Waals surface area contributed by atoms with Crippen LogP contribution in [0.4, 0.5) is 15.8 Å². The van der Waals surface area contributed by atoms with E-state index in [1.54, 1.807) is 18.3 Å². The number of benzene rings is 1. The van der Waals surface area contributed by atoms with Gasteiger partial charge < -0.3 is 11.1 Å². The van der Waals surface area contributed by atoms with Crippen LogP contribution in [-0.2, 0) is 6.42 Å². The van der Waals surface area contributed by atoms with Crippen molar-refractivity contribution in [2.45, 2.75) is 6.42 Å². The van der Waals surface area contributed by atoms with E-state index >= 15 is 0 Å². The van der Waals surface area contributed by atoms with Crippen molar-refractivity contribution in [2.24, 2.45) is 0 Å². The lowest BCUT2D eigenvalue weighted by molar-refractivity contribution is 0.633. The van der Waals surface area contributed by atoms with Crippen molar-refractivity contribution in [3.05, 3.63) is 54.1 Å². The number of nitrogen functional groups attached to an aromatic ring is 1. The Labute approximate surface area is 99.5 Å². The molecule has 17 heavy (non-hydrogen) atoms. The van der Waals surface area contributed by atoms with Crippen LogP contribution in [0, 0.1) is 5.82 Å². The van der Waals surface area contributed by atoms with Crippen molar-refractivity contribution < 1.29 is 4.39 Å². The van der Waals surface area contributed by atoms with Gasteiger partial charge in [-0.1, -0.05) is 6.07 Å². The minimum Gasteiger partial charge on any atom is -0.396 e. The number of pyridine rings is 1. The molecule has 0 saturated carbocycles. The summed E-state index contributed by atoms with van der Waals surface area (Å²) in [4.78, 5) is 4.21. The lowest BCUT2D eigenvalue weighted by Gasteiger charge is -2.06. The zero-order valence-corrected chi connectivity index (χ0v) is 9.36. The van der Waals surface area contributed by atoms with E-state index in [1.165, 1.54) is 6.07 Å². The first-order chi connectivity index (χ1) is 8.25. The average Bonchev–Trinajstić information content (AvgIpc) is 2.35. The number of aromatic nitrogens is 1. The van der Waals surface area contributed by atoms with E-state index in [2.05, 4.69) is 10.3 Å². The van der Waals surface area contributed by atoms with Crippen LogP contribution in [-0.4, -0.2) is 11.5 Å². The van der Waals surface area contributed by atoms with Crippen LogP contribution in [0.1, 0.15) is 5.69 Å². The van der Waals surface area contributed by atoms with Gasteiger partial charge in [-0.2, -0.15) is 0 Å². The van der Waals surface area contributed by atoms with Crippen LogP contribution in [0.2, 0.25) is 0 Å². The summed E-state index contributed by atoms with van der Waals surface area (Å²) in [7, 11) is 0. The first-order valence-electron chi connectivity index (χ1n) is 5.44. The van der Waals surface area contributed by atoms with Gasteiger partial charge >= 0.3 is 0 Å². The fraction of sp³-hybridized carbons (Fsp3) is 0.154. The fourth-order valence-electron chi connectivity index (χ4n) is 1.52. The molecule has 3 N–H and O–H groups in total. The van der Waals surface area contributed by atoms with Gasteiger partial charge in [-0.25, -0.2) is 4.39 Å². The van der Waals surface area contributed by atoms with Gasteiger partial charge in [0.2, 0.25) is 0 Å². The Morgan fingerprint density at radius 2 is 2.12 bits per heavy atom. The second-order valence-corrected chi connectivity index (χ2v) is 3.73. The number of nitrogens with two attached hydrogens (primary N) is 1. The standard InChI is InChI=1S/C13H14FN3/c14-12-9-11(4-5-13(12)15)17-8-6-10-3-1-2-7-16-10/h1-5,7,9,17H,6,8,15H2. The summed E-state index contributed by atoms with van der Waals surface area (Å²) in [6.07, 6.45) is 2.56. The Morgan fingerprint density at radius 3 is 2.82 bits per heavy atom. The molecule has 0 spiro atoms. The topological polar surface area (TPSA) is 50.9 Å². The van der Waals surface area contributed by atoms with E-state index in [-0.39, 0.29) is 5.69 Å².